The average molecular weight is 344 g/mol. The molecule has 1 aromatic rings. The van der Waals surface area contributed by atoms with Crippen molar-refractivity contribution in [3.63, 3.8) is 0 Å². The minimum Gasteiger partial charge on any atom is -0.443 e. The van der Waals surface area contributed by atoms with Gasteiger partial charge >= 0.3 is 6.09 Å². The van der Waals surface area contributed by atoms with Gasteiger partial charge in [0, 0.05) is 17.9 Å². The molecule has 0 aromatic heterocycles. The van der Waals surface area contributed by atoms with Crippen molar-refractivity contribution in [1.29, 1.82) is 5.26 Å². The topological polar surface area (TPSA) is 70.4 Å². The van der Waals surface area contributed by atoms with Crippen LogP contribution in [-0.4, -0.2) is 34.7 Å². The number of allylic oxidation sites excluding steroid dienone is 1. The first-order valence-electron chi connectivity index (χ1n) is 7.71. The maximum absolute atomic E-state index is 12.7. The second-order valence-corrected chi connectivity index (χ2v) is 7.40. The fourth-order valence-electron chi connectivity index (χ4n) is 2.20. The molecule has 1 aromatic carbocycles. The Labute approximate surface area is 146 Å². The molecule has 2 rings (SSSR count). The van der Waals surface area contributed by atoms with Gasteiger partial charge in [-0.1, -0.05) is 30.3 Å². The number of carbonyl (C=O) groups excluding carboxylic acids is 2. The summed E-state index contributed by atoms with van der Waals surface area (Å²) >= 11 is 1.34. The van der Waals surface area contributed by atoms with Gasteiger partial charge in [-0.3, -0.25) is 9.69 Å². The zero-order chi connectivity index (χ0) is 17.7. The van der Waals surface area contributed by atoms with E-state index in [0.717, 1.165) is 12.2 Å². The third-order valence-corrected chi connectivity index (χ3v) is 4.40. The van der Waals surface area contributed by atoms with Crippen molar-refractivity contribution in [2.75, 3.05) is 12.3 Å². The standard InChI is InChI=1S/C18H20N2O3S/c1-18(2,3)23-17(22)20-10-7-11-24-16(20)14(12-19)15(21)13-8-5-4-6-9-13/h4-6,8-9H,7,10-11H2,1-3H3/b16-14+. The van der Waals surface area contributed by atoms with Crippen LogP contribution in [0.5, 0.6) is 0 Å². The van der Waals surface area contributed by atoms with E-state index in [1.165, 1.54) is 16.7 Å². The van der Waals surface area contributed by atoms with Crippen molar-refractivity contribution in [2.24, 2.45) is 0 Å². The minimum absolute atomic E-state index is 0.0169. The largest absolute Gasteiger partial charge is 0.443 e. The molecular weight excluding hydrogens is 324 g/mol. The van der Waals surface area contributed by atoms with Gasteiger partial charge in [-0.2, -0.15) is 5.26 Å². The number of thioether (sulfide) groups is 1. The Balaban J connectivity index is 2.38. The molecule has 0 aliphatic carbocycles. The van der Waals surface area contributed by atoms with Crippen molar-refractivity contribution < 1.29 is 14.3 Å². The summed E-state index contributed by atoms with van der Waals surface area (Å²) in [6, 6.07) is 10.6. The highest BCUT2D eigenvalue weighted by Gasteiger charge is 2.31. The van der Waals surface area contributed by atoms with E-state index in [0.29, 0.717) is 17.1 Å². The second kappa shape index (κ2) is 7.54. The van der Waals surface area contributed by atoms with Crippen molar-refractivity contribution >= 4 is 23.6 Å². The fourth-order valence-corrected chi connectivity index (χ4v) is 3.27. The lowest BCUT2D eigenvalue weighted by molar-refractivity contribution is 0.0324. The molecule has 1 fully saturated rings. The van der Waals surface area contributed by atoms with Gasteiger partial charge in [-0.15, -0.1) is 11.8 Å². The molecule has 6 heteroatoms. The number of amides is 1. The molecule has 1 amide bonds. The summed E-state index contributed by atoms with van der Waals surface area (Å²) in [7, 11) is 0. The van der Waals surface area contributed by atoms with Gasteiger partial charge < -0.3 is 4.74 Å². The molecule has 0 saturated carbocycles. The Morgan fingerprint density at radius 2 is 1.92 bits per heavy atom. The summed E-state index contributed by atoms with van der Waals surface area (Å²) < 4.78 is 5.41. The highest BCUT2D eigenvalue weighted by atomic mass is 32.2. The normalized spacial score (nSPS) is 17.0. The fraction of sp³-hybridized carbons (Fsp3) is 0.389. The van der Waals surface area contributed by atoms with Crippen LogP contribution >= 0.6 is 11.8 Å². The van der Waals surface area contributed by atoms with E-state index in [1.54, 1.807) is 51.1 Å². The SMILES string of the molecule is CC(C)(C)OC(=O)N1CCCS/C1=C(\C#N)C(=O)c1ccccc1. The average Bonchev–Trinajstić information content (AvgIpc) is 2.55. The summed E-state index contributed by atoms with van der Waals surface area (Å²) in [4.78, 5) is 26.5. The van der Waals surface area contributed by atoms with Gasteiger partial charge in [0.2, 0.25) is 5.78 Å². The lowest BCUT2D eigenvalue weighted by Crippen LogP contribution is -2.39. The van der Waals surface area contributed by atoms with Crippen LogP contribution in [0.25, 0.3) is 0 Å². The molecule has 1 aliphatic heterocycles. The van der Waals surface area contributed by atoms with E-state index in [9.17, 15) is 14.9 Å². The Kier molecular flexibility index (Phi) is 5.68. The molecule has 24 heavy (non-hydrogen) atoms. The van der Waals surface area contributed by atoms with Crippen LogP contribution in [0.4, 0.5) is 4.79 Å². The maximum Gasteiger partial charge on any atom is 0.415 e. The molecule has 5 nitrogen and oxygen atoms in total. The first-order valence-corrected chi connectivity index (χ1v) is 8.69. The molecule has 0 N–H and O–H groups in total. The van der Waals surface area contributed by atoms with Crippen molar-refractivity contribution in [3.05, 3.63) is 46.5 Å². The van der Waals surface area contributed by atoms with Crippen LogP contribution in [0, 0.1) is 11.3 Å². The van der Waals surface area contributed by atoms with Gasteiger partial charge in [0.1, 0.15) is 22.3 Å². The van der Waals surface area contributed by atoms with Crippen LogP contribution in [-0.2, 0) is 4.74 Å². The molecule has 0 bridgehead atoms. The van der Waals surface area contributed by atoms with Gasteiger partial charge in [0.25, 0.3) is 0 Å². The van der Waals surface area contributed by atoms with Crippen LogP contribution in [0.3, 0.4) is 0 Å². The van der Waals surface area contributed by atoms with Crippen LogP contribution in [0.15, 0.2) is 40.9 Å². The Morgan fingerprint density at radius 1 is 1.25 bits per heavy atom. The third kappa shape index (κ3) is 4.39. The second-order valence-electron chi connectivity index (χ2n) is 6.32. The summed E-state index contributed by atoms with van der Waals surface area (Å²) in [6.45, 7) is 5.79. The molecule has 0 radical (unpaired) electrons. The number of hydrogen-bond acceptors (Lipinski definition) is 5. The number of Topliss-reactive ketones (excluding diaryl/α,β-unsaturated/α-hetero) is 1. The number of ketones is 1. The van der Waals surface area contributed by atoms with Crippen molar-refractivity contribution in [1.82, 2.24) is 4.90 Å². The predicted molar refractivity (Wildman–Crippen MR) is 93.4 cm³/mol. The lowest BCUT2D eigenvalue weighted by atomic mass is 10.1. The molecule has 0 spiro atoms. The summed E-state index contributed by atoms with van der Waals surface area (Å²) in [6.07, 6.45) is 0.254. The molecule has 126 valence electrons. The first-order chi connectivity index (χ1) is 11.3. The van der Waals surface area contributed by atoms with Crippen LogP contribution in [0.1, 0.15) is 37.6 Å². The summed E-state index contributed by atoms with van der Waals surface area (Å²) in [5.74, 6) is 0.373. The van der Waals surface area contributed by atoms with Gasteiger partial charge in [-0.25, -0.2) is 4.79 Å². The van der Waals surface area contributed by atoms with Gasteiger partial charge in [0.15, 0.2) is 0 Å². The zero-order valence-corrected chi connectivity index (χ0v) is 14.9. The Bertz CT molecular complexity index is 699. The van der Waals surface area contributed by atoms with Gasteiger partial charge in [0.05, 0.1) is 0 Å². The third-order valence-electron chi connectivity index (χ3n) is 3.21. The van der Waals surface area contributed by atoms with E-state index in [1.807, 2.05) is 6.07 Å². The number of nitriles is 1. The van der Waals surface area contributed by atoms with Crippen molar-refractivity contribution in [2.45, 2.75) is 32.8 Å². The summed E-state index contributed by atoms with van der Waals surface area (Å²) in [5, 5.41) is 9.90. The lowest BCUT2D eigenvalue weighted by Gasteiger charge is -2.31. The summed E-state index contributed by atoms with van der Waals surface area (Å²) in [5.41, 5.74) is -0.228. The predicted octanol–water partition coefficient (Wildman–Crippen LogP) is 3.98. The Hall–Kier alpha value is -2.26. The highest BCUT2D eigenvalue weighted by Crippen LogP contribution is 2.32. The number of carbonyl (C=O) groups is 2. The molecule has 0 unspecified atom stereocenters. The van der Waals surface area contributed by atoms with E-state index in [2.05, 4.69) is 0 Å². The molecule has 0 atom stereocenters. The molecule has 1 aliphatic rings. The van der Waals surface area contributed by atoms with E-state index >= 15 is 0 Å². The zero-order valence-electron chi connectivity index (χ0n) is 14.0. The van der Waals surface area contributed by atoms with E-state index in [-0.39, 0.29) is 11.4 Å². The highest BCUT2D eigenvalue weighted by molar-refractivity contribution is 8.03. The number of hydrogen-bond donors (Lipinski definition) is 0. The number of rotatable bonds is 2. The number of nitrogens with zero attached hydrogens (tertiary/aromatic N) is 2. The maximum atomic E-state index is 12.7. The molecular formula is C18H20N2O3S. The van der Waals surface area contributed by atoms with Crippen LogP contribution in [0.2, 0.25) is 0 Å². The quantitative estimate of drug-likeness (QED) is 0.461. The Morgan fingerprint density at radius 3 is 2.50 bits per heavy atom. The number of ether oxygens (including phenoxy) is 1. The smallest absolute Gasteiger partial charge is 0.415 e. The van der Waals surface area contributed by atoms with Crippen molar-refractivity contribution in [3.8, 4) is 6.07 Å². The van der Waals surface area contributed by atoms with E-state index in [4.69, 9.17) is 4.74 Å². The van der Waals surface area contributed by atoms with Crippen LogP contribution < -0.4 is 0 Å². The van der Waals surface area contributed by atoms with E-state index < -0.39 is 11.7 Å². The first kappa shape index (κ1) is 18.1. The molecule has 1 saturated heterocycles. The molecule has 1 heterocycles. The van der Waals surface area contributed by atoms with Gasteiger partial charge in [-0.05, 0) is 27.2 Å². The minimum atomic E-state index is -0.638. The number of benzene rings is 1. The monoisotopic (exact) mass is 344 g/mol.